The van der Waals surface area contributed by atoms with E-state index in [0.717, 1.165) is 42.6 Å². The van der Waals surface area contributed by atoms with Crippen molar-refractivity contribution in [3.05, 3.63) is 23.8 Å². The number of carbonyl (C=O) groups excluding carboxylic acids is 1. The first-order valence-electron chi connectivity index (χ1n) is 8.30. The van der Waals surface area contributed by atoms with Crippen LogP contribution in [-0.4, -0.2) is 26.6 Å². The van der Waals surface area contributed by atoms with Crippen LogP contribution < -0.4 is 9.62 Å². The monoisotopic (exact) mass is 336 g/mol. The zero-order valence-corrected chi connectivity index (χ0v) is 14.5. The molecule has 1 saturated heterocycles. The lowest BCUT2D eigenvalue weighted by Crippen LogP contribution is -2.38. The van der Waals surface area contributed by atoms with Crippen molar-refractivity contribution in [3.63, 3.8) is 0 Å². The zero-order chi connectivity index (χ0) is 16.6. The molecule has 23 heavy (non-hydrogen) atoms. The van der Waals surface area contributed by atoms with E-state index in [0.29, 0.717) is 12.5 Å². The summed E-state index contributed by atoms with van der Waals surface area (Å²) >= 11 is 0. The first kappa shape index (κ1) is 16.3. The molecule has 1 saturated carbocycles. The number of nitrogens with one attached hydrogen (secondary N) is 1. The quantitative estimate of drug-likeness (QED) is 0.919. The van der Waals surface area contributed by atoms with Crippen molar-refractivity contribution >= 4 is 27.3 Å². The van der Waals surface area contributed by atoms with Crippen LogP contribution in [-0.2, 0) is 14.8 Å². The Bertz CT molecular complexity index is 711. The Labute approximate surface area is 138 Å². The molecule has 1 aromatic carbocycles. The number of benzene rings is 1. The van der Waals surface area contributed by atoms with Crippen molar-refractivity contribution < 1.29 is 13.2 Å². The summed E-state index contributed by atoms with van der Waals surface area (Å²) in [6.45, 7) is 4.39. The number of nitrogens with zero attached hydrogens (tertiary/aromatic N) is 1. The summed E-state index contributed by atoms with van der Waals surface area (Å²) in [6.07, 6.45) is 3.89. The highest BCUT2D eigenvalue weighted by Crippen LogP contribution is 2.37. The molecule has 2 aliphatic rings. The number of hydrogen-bond donors (Lipinski definition) is 1. The van der Waals surface area contributed by atoms with Crippen LogP contribution in [0.3, 0.4) is 0 Å². The maximum absolute atomic E-state index is 12.2. The number of rotatable bonds is 4. The van der Waals surface area contributed by atoms with Crippen LogP contribution in [0, 0.1) is 18.8 Å². The van der Waals surface area contributed by atoms with Crippen molar-refractivity contribution in [1.82, 2.24) is 0 Å². The number of anilines is 2. The molecule has 1 aromatic rings. The molecule has 2 fully saturated rings. The largest absolute Gasteiger partial charge is 0.326 e. The Kier molecular flexibility index (Phi) is 4.36. The van der Waals surface area contributed by atoms with Gasteiger partial charge >= 0.3 is 0 Å². The number of aryl methyl sites for hydroxylation is 1. The average Bonchev–Trinajstić information content (AvgIpc) is 3.32. The molecule has 1 amide bonds. The topological polar surface area (TPSA) is 66.5 Å². The summed E-state index contributed by atoms with van der Waals surface area (Å²) in [7, 11) is -3.21. The van der Waals surface area contributed by atoms with E-state index in [1.54, 1.807) is 12.1 Å². The summed E-state index contributed by atoms with van der Waals surface area (Å²) in [5.41, 5.74) is 2.32. The molecule has 126 valence electrons. The molecule has 1 aliphatic carbocycles. The Hall–Kier alpha value is -1.56. The van der Waals surface area contributed by atoms with Crippen LogP contribution >= 0.6 is 0 Å². The van der Waals surface area contributed by atoms with Gasteiger partial charge in [0, 0.05) is 18.2 Å². The molecule has 0 spiro atoms. The van der Waals surface area contributed by atoms with Gasteiger partial charge in [-0.25, -0.2) is 8.42 Å². The summed E-state index contributed by atoms with van der Waals surface area (Å²) in [6, 6.07) is 5.45. The van der Waals surface area contributed by atoms with E-state index in [4.69, 9.17) is 0 Å². The highest BCUT2D eigenvalue weighted by Gasteiger charge is 2.32. The molecule has 1 heterocycles. The third kappa shape index (κ3) is 3.52. The molecule has 5 nitrogen and oxygen atoms in total. The summed E-state index contributed by atoms with van der Waals surface area (Å²) in [4.78, 5) is 12.2. The highest BCUT2D eigenvalue weighted by atomic mass is 32.2. The Morgan fingerprint density at radius 1 is 1.30 bits per heavy atom. The van der Waals surface area contributed by atoms with Crippen LogP contribution in [0.15, 0.2) is 18.2 Å². The zero-order valence-electron chi connectivity index (χ0n) is 13.7. The summed E-state index contributed by atoms with van der Waals surface area (Å²) in [5.74, 6) is 0.820. The molecule has 1 atom stereocenters. The first-order chi connectivity index (χ1) is 10.9. The van der Waals surface area contributed by atoms with Gasteiger partial charge in [-0.15, -0.1) is 0 Å². The van der Waals surface area contributed by atoms with E-state index < -0.39 is 10.0 Å². The van der Waals surface area contributed by atoms with Crippen LogP contribution in [0.1, 0.15) is 38.2 Å². The molecule has 1 N–H and O–H groups in total. The fourth-order valence-electron chi connectivity index (χ4n) is 3.14. The van der Waals surface area contributed by atoms with Gasteiger partial charge in [-0.2, -0.15) is 0 Å². The predicted octanol–water partition coefficient (Wildman–Crippen LogP) is 2.91. The number of hydrogen-bond acceptors (Lipinski definition) is 3. The standard InChI is InChI=1S/C17H24N2O3S/c1-12-11-15(18-17(20)13(2)14-5-6-14)7-8-16(12)19-9-3-4-10-23(19,21)22/h7-8,11,13-14H,3-6,9-10H2,1-2H3,(H,18,20). The first-order valence-corrected chi connectivity index (χ1v) is 9.91. The minimum Gasteiger partial charge on any atom is -0.326 e. The van der Waals surface area contributed by atoms with Crippen molar-refractivity contribution in [2.45, 2.75) is 39.5 Å². The van der Waals surface area contributed by atoms with Gasteiger partial charge in [0.15, 0.2) is 0 Å². The van der Waals surface area contributed by atoms with Crippen LogP contribution in [0.25, 0.3) is 0 Å². The number of sulfonamides is 1. The molecule has 1 aliphatic heterocycles. The molecule has 6 heteroatoms. The second-order valence-corrected chi connectivity index (χ2v) is 8.72. The van der Waals surface area contributed by atoms with Gasteiger partial charge in [0.25, 0.3) is 0 Å². The van der Waals surface area contributed by atoms with Crippen LogP contribution in [0.5, 0.6) is 0 Å². The van der Waals surface area contributed by atoms with Gasteiger partial charge in [0.1, 0.15) is 0 Å². The van der Waals surface area contributed by atoms with Gasteiger partial charge < -0.3 is 5.32 Å². The van der Waals surface area contributed by atoms with E-state index in [9.17, 15) is 13.2 Å². The van der Waals surface area contributed by atoms with Gasteiger partial charge in [0.2, 0.25) is 15.9 Å². The molecular weight excluding hydrogens is 312 g/mol. The molecule has 3 rings (SSSR count). The number of amides is 1. The average molecular weight is 336 g/mol. The second kappa shape index (κ2) is 6.15. The fraction of sp³-hybridized carbons (Fsp3) is 0.588. The van der Waals surface area contributed by atoms with E-state index in [-0.39, 0.29) is 17.6 Å². The normalized spacial score (nSPS) is 21.7. The predicted molar refractivity (Wildman–Crippen MR) is 92.1 cm³/mol. The minimum absolute atomic E-state index is 0.0393. The molecule has 0 aromatic heterocycles. The maximum atomic E-state index is 12.2. The van der Waals surface area contributed by atoms with Gasteiger partial charge in [0.05, 0.1) is 11.4 Å². The van der Waals surface area contributed by atoms with Gasteiger partial charge in [-0.05, 0) is 62.3 Å². The smallest absolute Gasteiger partial charge is 0.235 e. The van der Waals surface area contributed by atoms with E-state index in [1.807, 2.05) is 19.9 Å². The highest BCUT2D eigenvalue weighted by molar-refractivity contribution is 7.92. The van der Waals surface area contributed by atoms with Crippen LogP contribution in [0.4, 0.5) is 11.4 Å². The molecule has 1 unspecified atom stereocenters. The van der Waals surface area contributed by atoms with Crippen molar-refractivity contribution in [2.24, 2.45) is 11.8 Å². The van der Waals surface area contributed by atoms with E-state index in [1.165, 1.54) is 4.31 Å². The van der Waals surface area contributed by atoms with E-state index >= 15 is 0 Å². The van der Waals surface area contributed by atoms with E-state index in [2.05, 4.69) is 5.32 Å². The van der Waals surface area contributed by atoms with Crippen molar-refractivity contribution in [3.8, 4) is 0 Å². The Balaban J connectivity index is 1.76. The third-order valence-electron chi connectivity index (χ3n) is 4.82. The second-order valence-electron chi connectivity index (χ2n) is 6.71. The van der Waals surface area contributed by atoms with Gasteiger partial charge in [-0.3, -0.25) is 9.10 Å². The van der Waals surface area contributed by atoms with Gasteiger partial charge in [-0.1, -0.05) is 6.92 Å². The Morgan fingerprint density at radius 3 is 2.65 bits per heavy atom. The minimum atomic E-state index is -3.21. The molecule has 0 bridgehead atoms. The van der Waals surface area contributed by atoms with Crippen LogP contribution in [0.2, 0.25) is 0 Å². The lowest BCUT2D eigenvalue weighted by atomic mass is 10.1. The fourth-order valence-corrected chi connectivity index (χ4v) is 4.84. The molecule has 0 radical (unpaired) electrons. The SMILES string of the molecule is Cc1cc(NC(=O)C(C)C2CC2)ccc1N1CCCCS1(=O)=O. The van der Waals surface area contributed by atoms with Crippen molar-refractivity contribution in [1.29, 1.82) is 0 Å². The lowest BCUT2D eigenvalue weighted by Gasteiger charge is -2.29. The lowest BCUT2D eigenvalue weighted by molar-refractivity contribution is -0.119. The summed E-state index contributed by atoms with van der Waals surface area (Å²) < 4.78 is 26.0. The third-order valence-corrected chi connectivity index (χ3v) is 6.68. The summed E-state index contributed by atoms with van der Waals surface area (Å²) in [5, 5.41) is 2.95. The Morgan fingerprint density at radius 2 is 2.04 bits per heavy atom. The number of carbonyl (C=O) groups is 1. The van der Waals surface area contributed by atoms with Crippen molar-refractivity contribution in [2.75, 3.05) is 21.9 Å². The molecular formula is C17H24N2O3S. The maximum Gasteiger partial charge on any atom is 0.235 e.